The topological polar surface area (TPSA) is 313 Å². The van der Waals surface area contributed by atoms with Crippen LogP contribution in [0.5, 0.6) is 0 Å². The molecule has 2 heterocycles. The Morgan fingerprint density at radius 3 is 1.26 bits per heavy atom. The van der Waals surface area contributed by atoms with Crippen molar-refractivity contribution < 1.29 is 96.6 Å². The standard InChI is InChI=1S/C11H20O2.C10H20O2.C9H17NO2.C9H19NO2.C9H18O4S.C9H18O3S.C8H17NO3.C8H18O3S/c1-9(2)13-8-11(12)5-3-4-10-6-7-10;1-4-6-10(11)7-5-8-12-9(2)3;1-8(2)12-7-9(11)10-5-3-4-6-10;1-5-10(6-2)9(11)7-12-8(3)4;1-8(2)13-4-3-5-14(10,11)9-6-12-7-9;1-8(2)12-6-3-7-13(10,11)9-4-5-9;1-6(2)12-5-4-7(9)8(10)11-3;1-4-12(9,10)7-5-6-11-8(2)3/h9-10H,3-8H2,1-2H3;9H,4-8H2,1-3H3;8H,3-7H2,1-2H3;8H,5-7H2,1-4H3;8-9H,3-7H2,1-2H3;8-9H,3-7H2,1-2H3;6-7H,4-5,9H2,1-3H3;8H,4-7H2,1-3H3. The molecule has 4 fully saturated rings. The molecule has 4 aliphatic rings. The van der Waals surface area contributed by atoms with Crippen LogP contribution in [0.15, 0.2) is 0 Å². The van der Waals surface area contributed by atoms with Crippen LogP contribution < -0.4 is 5.73 Å². The fraction of sp³-hybridized carbons (Fsp3) is 0.932. The number of nitrogens with two attached hydrogens (primary N) is 1. The average Bonchev–Trinajstić information content (AvgIpc) is 1.46. The number of likely N-dealkylation sites (tertiary alicyclic amines) is 1. The van der Waals surface area contributed by atoms with Crippen molar-refractivity contribution in [3.63, 3.8) is 0 Å². The molecule has 598 valence electrons. The maximum Gasteiger partial charge on any atom is 0.322 e. The molecular weight excluding hydrogens is 1350 g/mol. The lowest BCUT2D eigenvalue weighted by Gasteiger charge is -2.25. The third kappa shape index (κ3) is 69.6. The maximum atomic E-state index is 11.5. The Bertz CT molecular complexity index is 2330. The summed E-state index contributed by atoms with van der Waals surface area (Å²) in [6.07, 6.45) is 16.9. The average molecular weight is 1500 g/mol. The van der Waals surface area contributed by atoms with Gasteiger partial charge in [-0.15, -0.1) is 0 Å². The molecule has 24 nitrogen and oxygen atoms in total. The zero-order valence-corrected chi connectivity index (χ0v) is 68.9. The van der Waals surface area contributed by atoms with Crippen LogP contribution in [-0.4, -0.2) is 252 Å². The van der Waals surface area contributed by atoms with Crippen LogP contribution in [0.2, 0.25) is 0 Å². The van der Waals surface area contributed by atoms with Gasteiger partial charge in [-0.1, -0.05) is 33.1 Å². The molecule has 2 saturated heterocycles. The number of hydrogen-bond donors (Lipinski definition) is 1. The first-order valence-corrected chi connectivity index (χ1v) is 42.6. The summed E-state index contributed by atoms with van der Waals surface area (Å²) >= 11 is 0. The molecular formula is C73H147N3O21S3. The predicted octanol–water partition coefficient (Wildman–Crippen LogP) is 11.0. The molecule has 2 saturated carbocycles. The molecule has 0 aromatic heterocycles. The Morgan fingerprint density at radius 1 is 0.480 bits per heavy atom. The van der Waals surface area contributed by atoms with Gasteiger partial charge in [0.25, 0.3) is 0 Å². The van der Waals surface area contributed by atoms with Crippen molar-refractivity contribution in [1.29, 1.82) is 0 Å². The normalized spacial score (nSPS) is 14.8. The Hall–Kier alpha value is -2.80. The minimum Gasteiger partial charge on any atom is -0.468 e. The van der Waals surface area contributed by atoms with Gasteiger partial charge in [0.15, 0.2) is 25.5 Å². The number of carbonyl (C=O) groups excluding carboxylic acids is 5. The monoisotopic (exact) mass is 1500 g/mol. The Morgan fingerprint density at radius 2 is 0.880 bits per heavy atom. The van der Waals surface area contributed by atoms with E-state index >= 15 is 0 Å². The molecule has 0 aromatic rings. The van der Waals surface area contributed by atoms with Gasteiger partial charge in [-0.2, -0.15) is 0 Å². The van der Waals surface area contributed by atoms with Crippen molar-refractivity contribution in [2.75, 3.05) is 122 Å². The summed E-state index contributed by atoms with van der Waals surface area (Å²) in [5.41, 5.74) is 5.46. The molecule has 2 amide bonds. The minimum atomic E-state index is -2.93. The minimum absolute atomic E-state index is 0.0217. The van der Waals surface area contributed by atoms with Crippen molar-refractivity contribution in [2.45, 2.75) is 313 Å². The van der Waals surface area contributed by atoms with Crippen LogP contribution in [0.25, 0.3) is 0 Å². The zero-order chi connectivity index (χ0) is 77.3. The fourth-order valence-corrected chi connectivity index (χ4v) is 12.3. The molecule has 1 atom stereocenters. The summed E-state index contributed by atoms with van der Waals surface area (Å²) < 4.78 is 119. The van der Waals surface area contributed by atoms with Gasteiger partial charge in [-0.3, -0.25) is 24.0 Å². The molecule has 4 rings (SSSR count). The van der Waals surface area contributed by atoms with Crippen molar-refractivity contribution in [3.05, 3.63) is 0 Å². The van der Waals surface area contributed by atoms with Crippen LogP contribution in [0, 0.1) is 5.92 Å². The van der Waals surface area contributed by atoms with E-state index in [1.165, 1.54) is 26.4 Å². The number of esters is 1. The van der Waals surface area contributed by atoms with E-state index in [0.717, 1.165) is 83.5 Å². The molecule has 0 aromatic carbocycles. The van der Waals surface area contributed by atoms with Gasteiger partial charge in [-0.05, 0) is 201 Å². The Kier molecular flexibility index (Phi) is 65.7. The number of nitrogens with zero attached hydrogens (tertiary/aromatic N) is 2. The van der Waals surface area contributed by atoms with Crippen LogP contribution in [0.1, 0.15) is 248 Å². The fourth-order valence-electron chi connectivity index (χ4n) is 8.30. The molecule has 0 bridgehead atoms. The summed E-state index contributed by atoms with van der Waals surface area (Å²) in [5, 5.41) is -0.284. The van der Waals surface area contributed by atoms with E-state index in [-0.39, 0.29) is 113 Å². The predicted molar refractivity (Wildman–Crippen MR) is 401 cm³/mol. The van der Waals surface area contributed by atoms with Gasteiger partial charge in [0, 0.05) is 84.2 Å². The van der Waals surface area contributed by atoms with E-state index in [9.17, 15) is 49.2 Å². The third-order valence-electron chi connectivity index (χ3n) is 14.6. The van der Waals surface area contributed by atoms with E-state index in [2.05, 4.69) is 4.74 Å². The number of methoxy groups -OCH3 is 1. The molecule has 0 spiro atoms. The lowest BCUT2D eigenvalue weighted by atomic mass is 10.1. The number of amides is 2. The third-order valence-corrected chi connectivity index (χ3v) is 20.9. The van der Waals surface area contributed by atoms with Crippen molar-refractivity contribution in [2.24, 2.45) is 11.7 Å². The molecule has 2 N–H and O–H groups in total. The van der Waals surface area contributed by atoms with Gasteiger partial charge in [-0.25, -0.2) is 25.3 Å². The number of likely N-dealkylation sites (N-methyl/N-ethyl adjacent to an activating group) is 1. The number of carbonyl (C=O) groups is 5. The van der Waals surface area contributed by atoms with Crippen LogP contribution in [0.3, 0.4) is 0 Å². The first-order chi connectivity index (χ1) is 46.8. The SMILES string of the molecule is CC(C)OCC(=O)CCCC1CC1.CC(C)OCC(=O)N1CCCC1.CC(C)OCCCS(=O)(=O)C1CC1.CC(C)OCCCS(=O)(=O)C1COC1.CCCC(=O)CCCOC(C)C.CCN(CC)C(=O)COC(C)C.CCS(=O)(=O)CCCOC(C)C.COC(=O)C(N)CCOC(C)C. The van der Waals surface area contributed by atoms with E-state index < -0.39 is 35.6 Å². The molecule has 1 unspecified atom stereocenters. The first kappa shape index (κ1) is 104. The van der Waals surface area contributed by atoms with Gasteiger partial charge < -0.3 is 62.9 Å². The number of Topliss-reactive ketones (excluding diaryl/α,β-unsaturated/α-hetero) is 2. The lowest BCUT2D eigenvalue weighted by Crippen LogP contribution is -2.42. The van der Waals surface area contributed by atoms with Crippen LogP contribution in [-0.2, 0) is 101 Å². The highest BCUT2D eigenvalue weighted by Crippen LogP contribution is 2.34. The van der Waals surface area contributed by atoms with E-state index in [0.29, 0.717) is 103 Å². The number of rotatable bonds is 45. The van der Waals surface area contributed by atoms with Gasteiger partial charge >= 0.3 is 5.97 Å². The van der Waals surface area contributed by atoms with Gasteiger partial charge in [0.05, 0.1) is 91.7 Å². The van der Waals surface area contributed by atoms with Crippen molar-refractivity contribution in [1.82, 2.24) is 9.80 Å². The second kappa shape index (κ2) is 63.5. The number of ketones is 2. The highest BCUT2D eigenvalue weighted by atomic mass is 32.2. The summed E-state index contributed by atoms with van der Waals surface area (Å²) in [4.78, 5) is 59.3. The molecule has 27 heteroatoms. The largest absolute Gasteiger partial charge is 0.468 e. The summed E-state index contributed by atoms with van der Waals surface area (Å²) in [5.74, 6) is 2.39. The quantitative estimate of drug-likeness (QED) is 0.0437. The summed E-state index contributed by atoms with van der Waals surface area (Å²) in [7, 11) is -7.16. The van der Waals surface area contributed by atoms with E-state index in [4.69, 9.17) is 48.4 Å². The maximum absolute atomic E-state index is 11.5. The molecule has 2 aliphatic carbocycles. The summed E-state index contributed by atoms with van der Waals surface area (Å²) in [6, 6.07) is -0.561. The second-order valence-electron chi connectivity index (χ2n) is 27.4. The Labute approximate surface area is 609 Å². The smallest absolute Gasteiger partial charge is 0.322 e. The zero-order valence-electron chi connectivity index (χ0n) is 66.4. The lowest BCUT2D eigenvalue weighted by molar-refractivity contribution is -0.142. The van der Waals surface area contributed by atoms with E-state index in [1.807, 2.05) is 136 Å². The summed E-state index contributed by atoms with van der Waals surface area (Å²) in [6.45, 7) is 46.5. The first-order valence-electron chi connectivity index (χ1n) is 37.3. The van der Waals surface area contributed by atoms with Crippen molar-refractivity contribution >= 4 is 58.9 Å². The Balaban J connectivity index is -0.000000527. The van der Waals surface area contributed by atoms with Gasteiger partial charge in [0.2, 0.25) is 11.8 Å². The number of hydrogen-bond acceptors (Lipinski definition) is 22. The highest BCUT2D eigenvalue weighted by Gasteiger charge is 2.35. The molecule has 2 aliphatic heterocycles. The number of ether oxygens (including phenoxy) is 10. The highest BCUT2D eigenvalue weighted by molar-refractivity contribution is 7.92. The van der Waals surface area contributed by atoms with Gasteiger partial charge in [0.1, 0.15) is 46.7 Å². The molecule has 100 heavy (non-hydrogen) atoms. The number of sulfone groups is 3. The van der Waals surface area contributed by atoms with Crippen LogP contribution >= 0.6 is 0 Å². The second-order valence-corrected chi connectivity index (χ2v) is 34.7. The molecule has 0 radical (unpaired) electrons. The van der Waals surface area contributed by atoms with Crippen molar-refractivity contribution in [3.8, 4) is 0 Å². The van der Waals surface area contributed by atoms with E-state index in [1.54, 1.807) is 11.8 Å². The van der Waals surface area contributed by atoms with Crippen LogP contribution in [0.4, 0.5) is 0 Å².